The molecule has 0 saturated carbocycles. The van der Waals surface area contributed by atoms with E-state index in [2.05, 4.69) is 21.2 Å². The van der Waals surface area contributed by atoms with E-state index in [9.17, 15) is 23.3 Å². The van der Waals surface area contributed by atoms with Gasteiger partial charge in [0.1, 0.15) is 6.54 Å². The average molecular weight is 504 g/mol. The molecule has 0 unspecified atom stereocenters. The van der Waals surface area contributed by atoms with Crippen LogP contribution in [-0.4, -0.2) is 25.8 Å². The Labute approximate surface area is 187 Å². The Morgan fingerprint density at radius 2 is 1.71 bits per heavy atom. The molecule has 160 valence electrons. The fraction of sp³-hybridized carbons (Fsp3) is 0.0952. The number of benzene rings is 3. The predicted molar refractivity (Wildman–Crippen MR) is 122 cm³/mol. The van der Waals surface area contributed by atoms with E-state index in [4.69, 9.17) is 0 Å². The number of nitrogens with zero attached hydrogens (tertiary/aromatic N) is 2. The summed E-state index contributed by atoms with van der Waals surface area (Å²) in [7, 11) is -4.04. The van der Waals surface area contributed by atoms with E-state index in [0.29, 0.717) is 5.69 Å². The summed E-state index contributed by atoms with van der Waals surface area (Å²) in [6, 6.07) is 18.2. The van der Waals surface area contributed by atoms with Gasteiger partial charge < -0.3 is 5.32 Å². The van der Waals surface area contributed by atoms with E-state index >= 15 is 0 Å². The molecule has 0 bridgehead atoms. The molecular formula is C21H18BrN3O5S. The first-order valence-corrected chi connectivity index (χ1v) is 11.3. The van der Waals surface area contributed by atoms with E-state index in [-0.39, 0.29) is 16.3 Å². The third-order valence-corrected chi connectivity index (χ3v) is 6.67. The molecule has 0 radical (unpaired) electrons. The zero-order valence-electron chi connectivity index (χ0n) is 16.4. The zero-order valence-corrected chi connectivity index (χ0v) is 18.8. The van der Waals surface area contributed by atoms with Crippen LogP contribution in [0, 0.1) is 17.0 Å². The molecule has 8 nitrogen and oxygen atoms in total. The number of halogens is 1. The highest BCUT2D eigenvalue weighted by molar-refractivity contribution is 9.10. The Hall–Kier alpha value is -3.24. The second kappa shape index (κ2) is 9.27. The summed E-state index contributed by atoms with van der Waals surface area (Å²) in [5.41, 5.74) is 1.22. The lowest BCUT2D eigenvalue weighted by atomic mass is 10.2. The topological polar surface area (TPSA) is 110 Å². The Morgan fingerprint density at radius 3 is 2.32 bits per heavy atom. The Kier molecular flexibility index (Phi) is 6.71. The van der Waals surface area contributed by atoms with Gasteiger partial charge in [-0.3, -0.25) is 19.2 Å². The summed E-state index contributed by atoms with van der Waals surface area (Å²) >= 11 is 3.31. The van der Waals surface area contributed by atoms with Crippen molar-refractivity contribution in [2.45, 2.75) is 11.8 Å². The Bertz CT molecular complexity index is 1210. The number of non-ortho nitro benzene ring substituents is 1. The van der Waals surface area contributed by atoms with Gasteiger partial charge in [-0.2, -0.15) is 0 Å². The largest absolute Gasteiger partial charge is 0.324 e. The second-order valence-corrected chi connectivity index (χ2v) is 9.43. The molecule has 0 atom stereocenters. The van der Waals surface area contributed by atoms with Crippen LogP contribution in [0.2, 0.25) is 0 Å². The van der Waals surface area contributed by atoms with Crippen LogP contribution in [0.15, 0.2) is 82.2 Å². The smallest absolute Gasteiger partial charge is 0.271 e. The normalized spacial score (nSPS) is 11.0. The number of sulfonamides is 1. The van der Waals surface area contributed by atoms with Crippen LogP contribution in [0.3, 0.4) is 0 Å². The molecule has 0 aliphatic carbocycles. The predicted octanol–water partition coefficient (Wildman–Crippen LogP) is 4.50. The van der Waals surface area contributed by atoms with Gasteiger partial charge in [-0.15, -0.1) is 0 Å². The van der Waals surface area contributed by atoms with Gasteiger partial charge in [-0.1, -0.05) is 39.7 Å². The molecule has 3 rings (SSSR count). The number of anilines is 2. The molecule has 0 saturated heterocycles. The molecule has 0 fully saturated rings. The summed E-state index contributed by atoms with van der Waals surface area (Å²) in [5.74, 6) is -0.640. The van der Waals surface area contributed by atoms with Crippen molar-refractivity contribution < 1.29 is 18.1 Å². The van der Waals surface area contributed by atoms with Crippen molar-refractivity contribution >= 4 is 48.9 Å². The molecule has 31 heavy (non-hydrogen) atoms. The van der Waals surface area contributed by atoms with Crippen molar-refractivity contribution in [2.24, 2.45) is 0 Å². The summed E-state index contributed by atoms with van der Waals surface area (Å²) in [5, 5.41) is 13.5. The van der Waals surface area contributed by atoms with Crippen molar-refractivity contribution in [1.29, 1.82) is 0 Å². The van der Waals surface area contributed by atoms with Gasteiger partial charge in [0.2, 0.25) is 5.91 Å². The van der Waals surface area contributed by atoms with Crippen LogP contribution in [0.5, 0.6) is 0 Å². The monoisotopic (exact) mass is 503 g/mol. The molecule has 1 amide bonds. The molecule has 1 N–H and O–H groups in total. The van der Waals surface area contributed by atoms with Crippen LogP contribution >= 0.6 is 15.9 Å². The third-order valence-electron chi connectivity index (χ3n) is 4.35. The number of carbonyl (C=O) groups is 1. The molecule has 3 aromatic rings. The Morgan fingerprint density at radius 1 is 1.06 bits per heavy atom. The summed E-state index contributed by atoms with van der Waals surface area (Å²) in [6.45, 7) is 1.33. The maximum atomic E-state index is 13.3. The number of amides is 1. The van der Waals surface area contributed by atoms with E-state index in [1.807, 2.05) is 6.92 Å². The number of nitro groups is 1. The first-order chi connectivity index (χ1) is 14.7. The maximum Gasteiger partial charge on any atom is 0.271 e. The van der Waals surface area contributed by atoms with Crippen LogP contribution in [0.1, 0.15) is 5.56 Å². The van der Waals surface area contributed by atoms with Crippen molar-refractivity contribution in [3.63, 3.8) is 0 Å². The third kappa shape index (κ3) is 5.47. The highest BCUT2D eigenvalue weighted by atomic mass is 79.9. The number of hydrogen-bond acceptors (Lipinski definition) is 5. The van der Waals surface area contributed by atoms with Crippen LogP contribution in [0.25, 0.3) is 0 Å². The fourth-order valence-electron chi connectivity index (χ4n) is 2.79. The van der Waals surface area contributed by atoms with Gasteiger partial charge in [0.25, 0.3) is 15.7 Å². The number of aryl methyl sites for hydroxylation is 1. The average Bonchev–Trinajstić information content (AvgIpc) is 2.73. The van der Waals surface area contributed by atoms with Gasteiger partial charge in [0.05, 0.1) is 15.5 Å². The molecule has 0 spiro atoms. The van der Waals surface area contributed by atoms with Crippen molar-refractivity contribution in [3.05, 3.63) is 92.9 Å². The number of rotatable bonds is 7. The SMILES string of the molecule is Cc1ccc(S(=O)(=O)N(CC(=O)Nc2cccc([N+](=O)[O-])c2)c2ccc(Br)cc2)cc1. The van der Waals surface area contributed by atoms with Crippen LogP contribution in [0.4, 0.5) is 17.1 Å². The van der Waals surface area contributed by atoms with Gasteiger partial charge in [-0.25, -0.2) is 8.42 Å². The molecule has 0 aliphatic heterocycles. The van der Waals surface area contributed by atoms with Gasteiger partial charge >= 0.3 is 0 Å². The number of nitrogens with one attached hydrogen (secondary N) is 1. The Balaban J connectivity index is 1.92. The molecule has 3 aromatic carbocycles. The minimum Gasteiger partial charge on any atom is -0.324 e. The standard InChI is InChI=1S/C21H18BrN3O5S/c1-15-5-11-20(12-6-15)31(29,30)24(18-9-7-16(22)8-10-18)14-21(26)23-17-3-2-4-19(13-17)25(27)28/h2-13H,14H2,1H3,(H,23,26). The quantitative estimate of drug-likeness (QED) is 0.377. The van der Waals surface area contributed by atoms with Crippen molar-refractivity contribution in [3.8, 4) is 0 Å². The second-order valence-electron chi connectivity index (χ2n) is 6.66. The minimum atomic E-state index is -4.04. The maximum absolute atomic E-state index is 13.3. The summed E-state index contributed by atoms with van der Waals surface area (Å²) < 4.78 is 28.4. The van der Waals surface area contributed by atoms with E-state index in [1.54, 1.807) is 36.4 Å². The molecule has 10 heteroatoms. The van der Waals surface area contributed by atoms with E-state index in [0.717, 1.165) is 14.3 Å². The van der Waals surface area contributed by atoms with Crippen LogP contribution in [-0.2, 0) is 14.8 Å². The van der Waals surface area contributed by atoms with Crippen molar-refractivity contribution in [2.75, 3.05) is 16.2 Å². The first kappa shape index (κ1) is 22.4. The molecular weight excluding hydrogens is 486 g/mol. The molecule has 0 aromatic heterocycles. The number of carbonyl (C=O) groups excluding carboxylic acids is 1. The fourth-order valence-corrected chi connectivity index (χ4v) is 4.47. The summed E-state index contributed by atoms with van der Waals surface area (Å²) in [4.78, 5) is 23.1. The molecule has 0 aliphatic rings. The lowest BCUT2D eigenvalue weighted by Gasteiger charge is -2.24. The highest BCUT2D eigenvalue weighted by Gasteiger charge is 2.27. The van der Waals surface area contributed by atoms with Crippen LogP contribution < -0.4 is 9.62 Å². The van der Waals surface area contributed by atoms with E-state index in [1.165, 1.54) is 36.4 Å². The molecule has 0 heterocycles. The number of nitro benzene ring substituents is 1. The zero-order chi connectivity index (χ0) is 22.6. The lowest BCUT2D eigenvalue weighted by Crippen LogP contribution is -2.38. The van der Waals surface area contributed by atoms with Gasteiger partial charge in [0.15, 0.2) is 0 Å². The summed E-state index contributed by atoms with van der Waals surface area (Å²) in [6.07, 6.45) is 0. The highest BCUT2D eigenvalue weighted by Crippen LogP contribution is 2.26. The minimum absolute atomic E-state index is 0.0455. The lowest BCUT2D eigenvalue weighted by molar-refractivity contribution is -0.384. The number of hydrogen-bond donors (Lipinski definition) is 1. The van der Waals surface area contributed by atoms with Gasteiger partial charge in [0, 0.05) is 22.3 Å². The first-order valence-electron chi connectivity index (χ1n) is 9.06. The van der Waals surface area contributed by atoms with Crippen molar-refractivity contribution in [1.82, 2.24) is 0 Å². The van der Waals surface area contributed by atoms with Gasteiger partial charge in [-0.05, 0) is 49.4 Å². The van der Waals surface area contributed by atoms with E-state index < -0.39 is 27.4 Å².